The van der Waals surface area contributed by atoms with Crippen molar-refractivity contribution in [2.75, 3.05) is 6.61 Å². The SMILES string of the molecule is Cc1ccc(C(=O)O)cc1S(=O)(=O)NNC(=O)[C@H]1COc2ccccc2O1. The van der Waals surface area contributed by atoms with E-state index in [4.69, 9.17) is 14.6 Å². The molecule has 1 aliphatic heterocycles. The van der Waals surface area contributed by atoms with Gasteiger partial charge in [0.15, 0.2) is 11.5 Å². The van der Waals surface area contributed by atoms with Crippen molar-refractivity contribution in [1.29, 1.82) is 0 Å². The van der Waals surface area contributed by atoms with Gasteiger partial charge in [-0.1, -0.05) is 18.2 Å². The smallest absolute Gasteiger partial charge is 0.335 e. The van der Waals surface area contributed by atoms with Gasteiger partial charge in [-0.25, -0.2) is 13.2 Å². The van der Waals surface area contributed by atoms with E-state index in [1.165, 1.54) is 19.1 Å². The Morgan fingerprint density at radius 2 is 1.85 bits per heavy atom. The minimum atomic E-state index is -4.18. The lowest BCUT2D eigenvalue weighted by Gasteiger charge is -2.25. The molecule has 10 heteroatoms. The maximum atomic E-state index is 12.4. The predicted molar refractivity (Wildman–Crippen MR) is 93.0 cm³/mol. The highest BCUT2D eigenvalue weighted by Gasteiger charge is 2.28. The van der Waals surface area contributed by atoms with Gasteiger partial charge in [0.05, 0.1) is 10.5 Å². The van der Waals surface area contributed by atoms with Crippen LogP contribution in [0.15, 0.2) is 47.4 Å². The predicted octanol–water partition coefficient (Wildman–Crippen LogP) is 0.843. The van der Waals surface area contributed by atoms with Gasteiger partial charge in [0.1, 0.15) is 6.61 Å². The number of para-hydroxylation sites is 2. The van der Waals surface area contributed by atoms with E-state index in [0.717, 1.165) is 6.07 Å². The minimum absolute atomic E-state index is 0.0852. The van der Waals surface area contributed by atoms with Gasteiger partial charge in [0.2, 0.25) is 6.10 Å². The highest BCUT2D eigenvalue weighted by atomic mass is 32.2. The Morgan fingerprint density at radius 3 is 2.56 bits per heavy atom. The molecule has 27 heavy (non-hydrogen) atoms. The van der Waals surface area contributed by atoms with Crippen LogP contribution in [0.4, 0.5) is 0 Å². The zero-order valence-corrected chi connectivity index (χ0v) is 14.9. The molecule has 1 heterocycles. The molecule has 2 aromatic rings. The molecule has 0 bridgehead atoms. The van der Waals surface area contributed by atoms with Gasteiger partial charge in [-0.05, 0) is 36.8 Å². The van der Waals surface area contributed by atoms with Crippen molar-refractivity contribution in [2.24, 2.45) is 0 Å². The van der Waals surface area contributed by atoms with Gasteiger partial charge < -0.3 is 14.6 Å². The number of fused-ring (bicyclic) bond motifs is 1. The fourth-order valence-electron chi connectivity index (χ4n) is 2.42. The molecule has 0 saturated heterocycles. The summed E-state index contributed by atoms with van der Waals surface area (Å²) in [6.07, 6.45) is -1.05. The van der Waals surface area contributed by atoms with Gasteiger partial charge in [-0.15, -0.1) is 4.83 Å². The summed E-state index contributed by atoms with van der Waals surface area (Å²) < 4.78 is 35.7. The van der Waals surface area contributed by atoms with Crippen molar-refractivity contribution in [3.05, 3.63) is 53.6 Å². The molecule has 0 saturated carbocycles. The molecule has 2 aromatic carbocycles. The number of hydrogen-bond acceptors (Lipinski definition) is 6. The highest BCUT2D eigenvalue weighted by molar-refractivity contribution is 7.89. The molecule has 1 atom stereocenters. The van der Waals surface area contributed by atoms with Crippen molar-refractivity contribution in [2.45, 2.75) is 17.9 Å². The molecule has 142 valence electrons. The number of ether oxygens (including phenoxy) is 2. The van der Waals surface area contributed by atoms with Crippen molar-refractivity contribution < 1.29 is 32.6 Å². The number of benzene rings is 2. The number of carboxylic acids is 1. The summed E-state index contributed by atoms with van der Waals surface area (Å²) in [5.74, 6) is -1.15. The molecule has 3 N–H and O–H groups in total. The molecule has 0 fully saturated rings. The topological polar surface area (TPSA) is 131 Å². The van der Waals surface area contributed by atoms with Crippen molar-refractivity contribution in [1.82, 2.24) is 10.3 Å². The second-order valence-corrected chi connectivity index (χ2v) is 7.40. The molecule has 0 spiro atoms. The Kier molecular flexibility index (Phi) is 5.02. The van der Waals surface area contributed by atoms with E-state index in [-0.39, 0.29) is 17.1 Å². The summed E-state index contributed by atoms with van der Waals surface area (Å²) in [5.41, 5.74) is 2.21. The van der Waals surface area contributed by atoms with Gasteiger partial charge in [-0.2, -0.15) is 0 Å². The quantitative estimate of drug-likeness (QED) is 0.643. The summed E-state index contributed by atoms with van der Waals surface area (Å²) in [7, 11) is -4.18. The summed E-state index contributed by atoms with van der Waals surface area (Å²) >= 11 is 0. The zero-order valence-electron chi connectivity index (χ0n) is 14.1. The molecule has 1 amide bonds. The molecular weight excluding hydrogens is 376 g/mol. The largest absolute Gasteiger partial charge is 0.485 e. The Morgan fingerprint density at radius 1 is 1.15 bits per heavy atom. The summed E-state index contributed by atoms with van der Waals surface area (Å²) in [6, 6.07) is 10.5. The lowest BCUT2D eigenvalue weighted by atomic mass is 10.1. The maximum Gasteiger partial charge on any atom is 0.335 e. The first kappa shape index (κ1) is 18.7. The Balaban J connectivity index is 1.70. The first-order valence-corrected chi connectivity index (χ1v) is 9.30. The number of hydrazine groups is 1. The van der Waals surface area contributed by atoms with Crippen LogP contribution in [0.1, 0.15) is 15.9 Å². The average molecular weight is 392 g/mol. The van der Waals surface area contributed by atoms with E-state index in [1.807, 2.05) is 4.83 Å². The molecule has 0 aliphatic carbocycles. The van der Waals surface area contributed by atoms with E-state index >= 15 is 0 Å². The lowest BCUT2D eigenvalue weighted by Crippen LogP contribution is -2.50. The summed E-state index contributed by atoms with van der Waals surface area (Å²) in [5, 5.41) is 9.02. The van der Waals surface area contributed by atoms with E-state index in [0.29, 0.717) is 17.1 Å². The van der Waals surface area contributed by atoms with Gasteiger partial charge in [0.25, 0.3) is 15.9 Å². The van der Waals surface area contributed by atoms with Gasteiger partial charge in [0, 0.05) is 0 Å². The molecule has 0 unspecified atom stereocenters. The average Bonchev–Trinajstić information content (AvgIpc) is 2.65. The second kappa shape index (κ2) is 7.25. The van der Waals surface area contributed by atoms with Crippen LogP contribution in [-0.4, -0.2) is 38.1 Å². The fraction of sp³-hybridized carbons (Fsp3) is 0.176. The number of nitrogens with one attached hydrogen (secondary N) is 2. The Hall–Kier alpha value is -3.11. The number of aryl methyl sites for hydroxylation is 1. The van der Waals surface area contributed by atoms with Crippen LogP contribution >= 0.6 is 0 Å². The molecule has 9 nitrogen and oxygen atoms in total. The van der Waals surface area contributed by atoms with E-state index in [2.05, 4.69) is 5.43 Å². The third-order valence-corrected chi connectivity index (χ3v) is 5.22. The van der Waals surface area contributed by atoms with E-state index in [9.17, 15) is 18.0 Å². The van der Waals surface area contributed by atoms with Crippen LogP contribution in [0, 0.1) is 6.92 Å². The van der Waals surface area contributed by atoms with E-state index < -0.39 is 28.0 Å². The van der Waals surface area contributed by atoms with E-state index in [1.54, 1.807) is 24.3 Å². The number of sulfonamides is 1. The number of aromatic carboxylic acids is 1. The number of carboxylic acid groups (broad SMARTS) is 1. The van der Waals surface area contributed by atoms with Crippen LogP contribution in [-0.2, 0) is 14.8 Å². The van der Waals surface area contributed by atoms with Crippen molar-refractivity contribution in [3.63, 3.8) is 0 Å². The molecule has 0 aromatic heterocycles. The molecule has 0 radical (unpaired) electrons. The van der Waals surface area contributed by atoms with Gasteiger partial charge in [-0.3, -0.25) is 10.2 Å². The molecular formula is C17H16N2O7S. The van der Waals surface area contributed by atoms with Crippen LogP contribution in [0.5, 0.6) is 11.5 Å². The number of rotatable bonds is 5. The van der Waals surface area contributed by atoms with Crippen LogP contribution in [0.2, 0.25) is 0 Å². The van der Waals surface area contributed by atoms with Crippen molar-refractivity contribution >= 4 is 21.9 Å². The normalized spacial score (nSPS) is 15.8. The number of carbonyl (C=O) groups excluding carboxylic acids is 1. The maximum absolute atomic E-state index is 12.4. The number of carbonyl (C=O) groups is 2. The van der Waals surface area contributed by atoms with Gasteiger partial charge >= 0.3 is 5.97 Å². The second-order valence-electron chi connectivity index (χ2n) is 5.74. The third-order valence-electron chi connectivity index (χ3n) is 3.83. The number of hydrogen-bond donors (Lipinski definition) is 3. The monoisotopic (exact) mass is 392 g/mol. The summed E-state index contributed by atoms with van der Waals surface area (Å²) in [6.45, 7) is 1.43. The lowest BCUT2D eigenvalue weighted by molar-refractivity contribution is -0.130. The zero-order chi connectivity index (χ0) is 19.6. The summed E-state index contributed by atoms with van der Waals surface area (Å²) in [4.78, 5) is 24.9. The standard InChI is InChI=1S/C17H16N2O7S/c1-10-6-7-11(17(21)22)8-15(10)27(23,24)19-18-16(20)14-9-25-12-4-2-3-5-13(12)26-14/h2-8,14,19H,9H2,1H3,(H,18,20)(H,21,22)/t14-/m1/s1. The van der Waals surface area contributed by atoms with Crippen LogP contribution in [0.25, 0.3) is 0 Å². The van der Waals surface area contributed by atoms with Crippen LogP contribution in [0.3, 0.4) is 0 Å². The number of amides is 1. The first-order valence-electron chi connectivity index (χ1n) is 7.82. The highest BCUT2D eigenvalue weighted by Crippen LogP contribution is 2.30. The fourth-order valence-corrected chi connectivity index (χ4v) is 3.54. The molecule has 3 rings (SSSR count). The third kappa shape index (κ3) is 4.01. The van der Waals surface area contributed by atoms with Crippen molar-refractivity contribution in [3.8, 4) is 11.5 Å². The van der Waals surface area contributed by atoms with Crippen LogP contribution < -0.4 is 19.7 Å². The minimum Gasteiger partial charge on any atom is -0.485 e. The first-order chi connectivity index (χ1) is 12.8. The Labute approximate surface area is 154 Å². The Bertz CT molecular complexity index is 1000. The molecule has 1 aliphatic rings.